The highest BCUT2D eigenvalue weighted by molar-refractivity contribution is 6.26. The molecule has 0 aliphatic rings. The molecular weight excluding hydrogens is 490 g/mol. The highest BCUT2D eigenvalue weighted by Crippen LogP contribution is 2.19. The second kappa shape index (κ2) is 14.7. The molecule has 4 atom stereocenters. The zero-order valence-corrected chi connectivity index (χ0v) is 22.3. The lowest BCUT2D eigenvalue weighted by atomic mass is 9.98. The fourth-order valence-electron chi connectivity index (χ4n) is 4.03. The van der Waals surface area contributed by atoms with Crippen molar-refractivity contribution in [3.63, 3.8) is 0 Å². The lowest BCUT2D eigenvalue weighted by Crippen LogP contribution is -2.57. The van der Waals surface area contributed by atoms with Crippen LogP contribution in [-0.4, -0.2) is 65.4 Å². The van der Waals surface area contributed by atoms with Crippen molar-refractivity contribution in [1.29, 1.82) is 5.41 Å². The Bertz CT molecular complexity index is 1160. The third-order valence-corrected chi connectivity index (χ3v) is 6.32. The van der Waals surface area contributed by atoms with Crippen LogP contribution in [0.3, 0.4) is 0 Å². The summed E-state index contributed by atoms with van der Waals surface area (Å²) in [5, 5.41) is 16.0. The van der Waals surface area contributed by atoms with Crippen LogP contribution in [0.4, 0.5) is 0 Å². The molecule has 0 aliphatic heterocycles. The number of Topliss-reactive ketones (excluding diaryl/α,β-unsaturated/α-hetero) is 1. The van der Waals surface area contributed by atoms with E-state index < -0.39 is 47.6 Å². The predicted molar refractivity (Wildman–Crippen MR) is 143 cm³/mol. The third kappa shape index (κ3) is 8.53. The number of hydrogen-bond acceptors (Lipinski definition) is 7. The highest BCUT2D eigenvalue weighted by Gasteiger charge is 2.32. The molecule has 2 aromatic rings. The number of para-hydroxylation sites is 1. The van der Waals surface area contributed by atoms with Gasteiger partial charge in [0.25, 0.3) is 0 Å². The topological polar surface area (TPSA) is 170 Å². The molecule has 11 heteroatoms. The van der Waals surface area contributed by atoms with Crippen molar-refractivity contribution in [2.45, 2.75) is 71.5 Å². The Balaban J connectivity index is 2.27. The summed E-state index contributed by atoms with van der Waals surface area (Å²) < 4.78 is 5.10. The summed E-state index contributed by atoms with van der Waals surface area (Å²) in [6.07, 6.45) is 2.89. The number of H-pyrrole nitrogens is 1. The van der Waals surface area contributed by atoms with E-state index in [1.54, 1.807) is 20.0 Å². The minimum Gasteiger partial charge on any atom is -0.464 e. The molecule has 206 valence electrons. The van der Waals surface area contributed by atoms with Crippen molar-refractivity contribution in [1.82, 2.24) is 20.9 Å². The first-order valence-electron chi connectivity index (χ1n) is 12.7. The van der Waals surface area contributed by atoms with Gasteiger partial charge in [-0.25, -0.2) is 4.79 Å². The molecule has 1 aromatic carbocycles. The molecule has 3 amide bonds. The molecule has 0 saturated heterocycles. The van der Waals surface area contributed by atoms with E-state index in [0.29, 0.717) is 12.6 Å². The van der Waals surface area contributed by atoms with Gasteiger partial charge >= 0.3 is 5.97 Å². The Morgan fingerprint density at radius 1 is 1.03 bits per heavy atom. The molecule has 0 fully saturated rings. The average molecular weight is 528 g/mol. The number of carbonyl (C=O) groups excluding carboxylic acids is 5. The first-order chi connectivity index (χ1) is 18.1. The van der Waals surface area contributed by atoms with Crippen molar-refractivity contribution in [2.75, 3.05) is 6.61 Å². The van der Waals surface area contributed by atoms with Crippen LogP contribution in [0.5, 0.6) is 0 Å². The zero-order chi connectivity index (χ0) is 28.2. The van der Waals surface area contributed by atoms with Gasteiger partial charge in [-0.1, -0.05) is 38.5 Å². The molecule has 38 heavy (non-hydrogen) atoms. The number of fused-ring (bicyclic) bond motifs is 1. The molecule has 5 N–H and O–H groups in total. The molecular formula is C27H37N5O6. The van der Waals surface area contributed by atoms with Gasteiger partial charge in [0.05, 0.1) is 12.8 Å². The molecule has 0 bridgehead atoms. The zero-order valence-electron chi connectivity index (χ0n) is 22.3. The van der Waals surface area contributed by atoms with E-state index in [1.165, 1.54) is 6.92 Å². The fourth-order valence-corrected chi connectivity index (χ4v) is 4.03. The van der Waals surface area contributed by atoms with Crippen molar-refractivity contribution < 1.29 is 28.7 Å². The van der Waals surface area contributed by atoms with Crippen molar-refractivity contribution >= 4 is 46.6 Å². The van der Waals surface area contributed by atoms with E-state index in [1.807, 2.05) is 31.2 Å². The summed E-state index contributed by atoms with van der Waals surface area (Å²) in [6.45, 7) is 6.76. The first-order valence-corrected chi connectivity index (χ1v) is 12.7. The number of hydrogen-bond donors (Lipinski definition) is 5. The molecule has 1 heterocycles. The van der Waals surface area contributed by atoms with Crippen LogP contribution in [0.15, 0.2) is 30.5 Å². The molecule has 0 spiro atoms. The summed E-state index contributed by atoms with van der Waals surface area (Å²) in [5.41, 5.74) is 1.68. The third-order valence-electron chi connectivity index (χ3n) is 6.32. The number of aromatic nitrogens is 1. The Labute approximate surface area is 222 Å². The van der Waals surface area contributed by atoms with Gasteiger partial charge in [-0.15, -0.1) is 0 Å². The molecule has 0 saturated carbocycles. The monoisotopic (exact) mass is 527 g/mol. The largest absolute Gasteiger partial charge is 0.464 e. The van der Waals surface area contributed by atoms with E-state index in [0.717, 1.165) is 16.5 Å². The number of nitrogens with one attached hydrogen (secondary N) is 5. The summed E-state index contributed by atoms with van der Waals surface area (Å²) in [6, 6.07) is 4.40. The second-order valence-corrected chi connectivity index (χ2v) is 9.15. The Kier molecular flexibility index (Phi) is 11.6. The lowest BCUT2D eigenvalue weighted by Gasteiger charge is -2.27. The normalized spacial score (nSPS) is 14.0. The van der Waals surface area contributed by atoms with E-state index in [2.05, 4.69) is 20.9 Å². The number of aromatic amines is 1. The Morgan fingerprint density at radius 2 is 1.71 bits per heavy atom. The standard InChI is InChI=1S/C27H37N5O6/c1-5-16(3)24(27(37)38-6-2)32-25(35)22(12-11-19(34)14-28)31-26(36)23(30-17(4)33)13-18-15-29-21-10-8-7-9-20(18)21/h7-10,14-16,22-24,28-29H,5-6,11-13H2,1-4H3,(H,30,33)(H,31,36)(H,32,35)/t16?,22-,23-,24-/m0/s1. The van der Waals surface area contributed by atoms with Crippen molar-refractivity contribution in [3.05, 3.63) is 36.0 Å². The van der Waals surface area contributed by atoms with Gasteiger partial charge in [-0.2, -0.15) is 0 Å². The maximum atomic E-state index is 13.3. The van der Waals surface area contributed by atoms with E-state index >= 15 is 0 Å². The van der Waals surface area contributed by atoms with Crippen LogP contribution in [0.1, 0.15) is 52.5 Å². The number of ether oxygens (including phenoxy) is 1. The van der Waals surface area contributed by atoms with Crippen LogP contribution < -0.4 is 16.0 Å². The van der Waals surface area contributed by atoms with Crippen LogP contribution >= 0.6 is 0 Å². The number of ketones is 1. The number of amides is 3. The second-order valence-electron chi connectivity index (χ2n) is 9.15. The quantitative estimate of drug-likeness (QED) is 0.175. The molecule has 2 rings (SSSR count). The summed E-state index contributed by atoms with van der Waals surface area (Å²) in [7, 11) is 0. The van der Waals surface area contributed by atoms with Crippen LogP contribution in [0, 0.1) is 11.3 Å². The van der Waals surface area contributed by atoms with E-state index in [9.17, 15) is 24.0 Å². The average Bonchev–Trinajstić information content (AvgIpc) is 3.30. The minimum atomic E-state index is -1.19. The molecule has 1 aromatic heterocycles. The van der Waals surface area contributed by atoms with Crippen molar-refractivity contribution in [2.24, 2.45) is 5.92 Å². The number of carbonyl (C=O) groups is 5. The molecule has 11 nitrogen and oxygen atoms in total. The van der Waals surface area contributed by atoms with Crippen molar-refractivity contribution in [3.8, 4) is 0 Å². The maximum absolute atomic E-state index is 13.3. The van der Waals surface area contributed by atoms with Gasteiger partial charge in [0, 0.05) is 36.9 Å². The number of rotatable bonds is 15. The first kappa shape index (κ1) is 30.2. The van der Waals surface area contributed by atoms with Gasteiger partial charge in [0.1, 0.15) is 18.1 Å². The number of benzene rings is 1. The molecule has 0 radical (unpaired) electrons. The van der Waals surface area contributed by atoms with Gasteiger partial charge in [0.15, 0.2) is 5.78 Å². The van der Waals surface area contributed by atoms with Crippen LogP contribution in [0.25, 0.3) is 10.9 Å². The fraction of sp³-hybridized carbons (Fsp3) is 0.481. The highest BCUT2D eigenvalue weighted by atomic mass is 16.5. The van der Waals surface area contributed by atoms with Gasteiger partial charge in [0.2, 0.25) is 17.7 Å². The minimum absolute atomic E-state index is 0.0955. The van der Waals surface area contributed by atoms with Crippen LogP contribution in [-0.2, 0) is 35.1 Å². The maximum Gasteiger partial charge on any atom is 0.328 e. The molecule has 0 aliphatic carbocycles. The van der Waals surface area contributed by atoms with Gasteiger partial charge in [-0.3, -0.25) is 19.2 Å². The number of esters is 1. The Hall–Kier alpha value is -4.02. The summed E-state index contributed by atoms with van der Waals surface area (Å²) >= 11 is 0. The van der Waals surface area contributed by atoms with Gasteiger partial charge < -0.3 is 31.1 Å². The summed E-state index contributed by atoms with van der Waals surface area (Å²) in [4.78, 5) is 65.9. The smallest absolute Gasteiger partial charge is 0.328 e. The SMILES string of the molecule is CCOC(=O)[C@@H](NC(=O)[C@H](CCC(=O)C=N)NC(=O)[C@H](Cc1c[nH]c2ccccc12)NC(C)=O)C(C)CC. The van der Waals surface area contributed by atoms with Crippen LogP contribution in [0.2, 0.25) is 0 Å². The lowest BCUT2D eigenvalue weighted by molar-refractivity contribution is -0.149. The molecule has 1 unspecified atom stereocenters. The van der Waals surface area contributed by atoms with E-state index in [4.69, 9.17) is 10.1 Å². The van der Waals surface area contributed by atoms with Gasteiger partial charge in [-0.05, 0) is 30.9 Å². The van der Waals surface area contributed by atoms with E-state index in [-0.39, 0.29) is 31.8 Å². The summed E-state index contributed by atoms with van der Waals surface area (Å²) in [5.74, 6) is -3.06. The Morgan fingerprint density at radius 3 is 2.34 bits per heavy atom. The predicted octanol–water partition coefficient (Wildman–Crippen LogP) is 1.79.